The third kappa shape index (κ3) is 3.11. The van der Waals surface area contributed by atoms with Gasteiger partial charge < -0.3 is 15.2 Å². The predicted octanol–water partition coefficient (Wildman–Crippen LogP) is 3.49. The van der Waals surface area contributed by atoms with Crippen molar-refractivity contribution in [3.63, 3.8) is 0 Å². The van der Waals surface area contributed by atoms with Crippen LogP contribution in [0, 0.1) is 6.92 Å². The Hall–Kier alpha value is -2.07. The van der Waals surface area contributed by atoms with Gasteiger partial charge in [-0.3, -0.25) is 9.36 Å². The molecule has 0 radical (unpaired) electrons. The largest absolute Gasteiger partial charge is 0.364 e. The zero-order valence-electron chi connectivity index (χ0n) is 13.9. The van der Waals surface area contributed by atoms with Gasteiger partial charge in [-0.15, -0.1) is 0 Å². The molecule has 0 saturated heterocycles. The molecule has 0 saturated carbocycles. The van der Waals surface area contributed by atoms with E-state index in [1.807, 2.05) is 19.1 Å². The topological polar surface area (TPSA) is 85.2 Å². The van der Waals surface area contributed by atoms with E-state index < -0.39 is 13.3 Å². The molecule has 0 aliphatic rings. The minimum atomic E-state index is -3.54. The fraction of sp³-hybridized carbons (Fsp3) is 0.167. The maximum Gasteiger partial charge on any atom is 0.266 e. The van der Waals surface area contributed by atoms with E-state index in [9.17, 15) is 9.36 Å². The van der Waals surface area contributed by atoms with Gasteiger partial charge in [-0.05, 0) is 44.2 Å². The van der Waals surface area contributed by atoms with Crippen molar-refractivity contribution < 1.29 is 13.9 Å². The van der Waals surface area contributed by atoms with E-state index >= 15 is 0 Å². The molecular weight excluding hydrogens is 359 g/mol. The molecule has 130 valence electrons. The minimum Gasteiger partial charge on any atom is -0.364 e. The van der Waals surface area contributed by atoms with E-state index in [-0.39, 0.29) is 17.6 Å². The van der Waals surface area contributed by atoms with Crippen LogP contribution >= 0.6 is 19.0 Å². The fourth-order valence-electron chi connectivity index (χ4n) is 2.82. The molecule has 7 heteroatoms. The lowest BCUT2D eigenvalue weighted by atomic mass is 10.2. The number of hydrogen-bond acceptors (Lipinski definition) is 3. The minimum absolute atomic E-state index is 0.0784. The quantitative estimate of drug-likeness (QED) is 0.668. The number of carbonyl (C=O) groups is 1. The second-order valence-corrected chi connectivity index (χ2v) is 8.47. The zero-order valence-corrected chi connectivity index (χ0v) is 15.5. The summed E-state index contributed by atoms with van der Waals surface area (Å²) in [5.74, 6) is -0.700. The van der Waals surface area contributed by atoms with Crippen LogP contribution < -0.4 is 16.3 Å². The number of halogens is 1. The van der Waals surface area contributed by atoms with Crippen LogP contribution in [-0.2, 0) is 9.09 Å². The summed E-state index contributed by atoms with van der Waals surface area (Å²) in [5, 5.41) is 1.81. The Morgan fingerprint density at radius 2 is 1.92 bits per heavy atom. The van der Waals surface area contributed by atoms with E-state index in [0.717, 1.165) is 5.56 Å². The van der Waals surface area contributed by atoms with Crippen LogP contribution in [0.4, 0.5) is 0 Å². The maximum atomic E-state index is 13.9. The molecule has 3 N–H and O–H groups in total. The molecule has 1 atom stereocenters. The number of benzene rings is 2. The highest BCUT2D eigenvalue weighted by molar-refractivity contribution is 7.75. The summed E-state index contributed by atoms with van der Waals surface area (Å²) in [6.45, 7) is 3.92. The van der Waals surface area contributed by atoms with Crippen LogP contribution in [0.15, 0.2) is 42.5 Å². The predicted molar refractivity (Wildman–Crippen MR) is 102 cm³/mol. The number of aromatic nitrogens is 1. The number of H-pyrrole nitrogens is 1. The van der Waals surface area contributed by atoms with Crippen LogP contribution in [0.2, 0.25) is 5.02 Å². The molecule has 1 heterocycles. The lowest BCUT2D eigenvalue weighted by Crippen LogP contribution is -2.26. The van der Waals surface area contributed by atoms with E-state index in [2.05, 4.69) is 4.98 Å². The number of nitrogens with one attached hydrogen (secondary N) is 1. The summed E-state index contributed by atoms with van der Waals surface area (Å²) in [6.07, 6.45) is 0. The van der Waals surface area contributed by atoms with Crippen LogP contribution in [0.5, 0.6) is 0 Å². The van der Waals surface area contributed by atoms with E-state index in [4.69, 9.17) is 21.9 Å². The Morgan fingerprint density at radius 3 is 2.52 bits per heavy atom. The smallest absolute Gasteiger partial charge is 0.266 e. The molecule has 5 nitrogen and oxygen atoms in total. The number of aryl methyl sites for hydroxylation is 1. The third-order valence-electron chi connectivity index (χ3n) is 3.96. The van der Waals surface area contributed by atoms with Crippen LogP contribution in [0.1, 0.15) is 23.0 Å². The average molecular weight is 377 g/mol. The van der Waals surface area contributed by atoms with Gasteiger partial charge in [0.05, 0.1) is 11.9 Å². The second kappa shape index (κ2) is 6.68. The lowest BCUT2D eigenvalue weighted by Gasteiger charge is -2.19. The fourth-order valence-corrected chi connectivity index (χ4v) is 5.40. The summed E-state index contributed by atoms with van der Waals surface area (Å²) < 4.78 is 19.7. The molecule has 0 bridgehead atoms. The van der Waals surface area contributed by atoms with Crippen molar-refractivity contribution in [2.45, 2.75) is 13.8 Å². The molecule has 0 aliphatic carbocycles. The van der Waals surface area contributed by atoms with Gasteiger partial charge in [0.2, 0.25) is 0 Å². The van der Waals surface area contributed by atoms with Gasteiger partial charge >= 0.3 is 0 Å². The zero-order chi connectivity index (χ0) is 18.2. The Labute approximate surface area is 150 Å². The molecule has 0 unspecified atom stereocenters. The number of primary amides is 1. The van der Waals surface area contributed by atoms with Crippen molar-refractivity contribution in [2.75, 3.05) is 6.61 Å². The lowest BCUT2D eigenvalue weighted by molar-refractivity contribution is 0.0997. The molecule has 3 aromatic rings. The second-order valence-electron chi connectivity index (χ2n) is 5.71. The van der Waals surface area contributed by atoms with Gasteiger partial charge in [0, 0.05) is 21.2 Å². The highest BCUT2D eigenvalue weighted by Crippen LogP contribution is 2.47. The van der Waals surface area contributed by atoms with Crippen molar-refractivity contribution in [2.24, 2.45) is 5.73 Å². The monoisotopic (exact) mass is 376 g/mol. The highest BCUT2D eigenvalue weighted by atomic mass is 35.5. The Bertz CT molecular complexity index is 995. The van der Waals surface area contributed by atoms with Crippen molar-refractivity contribution in [1.29, 1.82) is 0 Å². The molecule has 2 aromatic carbocycles. The van der Waals surface area contributed by atoms with E-state index in [1.165, 1.54) is 0 Å². The number of amides is 1. The summed E-state index contributed by atoms with van der Waals surface area (Å²) in [7, 11) is -3.54. The third-order valence-corrected chi connectivity index (χ3v) is 6.85. The van der Waals surface area contributed by atoms with Gasteiger partial charge in [-0.25, -0.2) is 0 Å². The summed E-state index contributed by atoms with van der Waals surface area (Å²) in [4.78, 5) is 14.9. The maximum absolute atomic E-state index is 13.9. The average Bonchev–Trinajstić information content (AvgIpc) is 2.95. The molecule has 3 rings (SSSR count). The van der Waals surface area contributed by atoms with Crippen LogP contribution in [-0.4, -0.2) is 17.5 Å². The molecule has 0 aliphatic heterocycles. The van der Waals surface area contributed by atoms with Gasteiger partial charge in [0.1, 0.15) is 5.69 Å². The van der Waals surface area contributed by atoms with Gasteiger partial charge in [0.25, 0.3) is 13.3 Å². The SMILES string of the molecule is CCO[P@](=O)(c1ccc(C)cc1)c1c(C(N)=O)[nH]c2ccc(Cl)cc12. The Morgan fingerprint density at radius 1 is 1.24 bits per heavy atom. The molecule has 1 aromatic heterocycles. The van der Waals surface area contributed by atoms with Crippen molar-refractivity contribution in [3.05, 3.63) is 58.7 Å². The van der Waals surface area contributed by atoms with Crippen LogP contribution in [0.3, 0.4) is 0 Å². The first-order chi connectivity index (χ1) is 11.9. The molecule has 25 heavy (non-hydrogen) atoms. The van der Waals surface area contributed by atoms with Crippen LogP contribution in [0.25, 0.3) is 10.9 Å². The van der Waals surface area contributed by atoms with E-state index in [1.54, 1.807) is 37.3 Å². The van der Waals surface area contributed by atoms with Gasteiger partial charge in [-0.1, -0.05) is 29.3 Å². The first kappa shape index (κ1) is 17.7. The number of rotatable bonds is 5. The first-order valence-electron chi connectivity index (χ1n) is 7.80. The number of fused-ring (bicyclic) bond motifs is 1. The summed E-state index contributed by atoms with van der Waals surface area (Å²) in [5.41, 5.74) is 7.27. The summed E-state index contributed by atoms with van der Waals surface area (Å²) >= 11 is 6.11. The standard InChI is InChI=1S/C18H18ClN2O3P/c1-3-24-25(23,13-7-4-11(2)5-8-13)17-14-10-12(19)6-9-15(14)21-16(17)18(20)22/h4-10,21H,3H2,1-2H3,(H2,20,22)/t25-/m1/s1. The molecule has 0 spiro atoms. The molecule has 1 amide bonds. The Balaban J connectivity index is 2.38. The highest BCUT2D eigenvalue weighted by Gasteiger charge is 2.36. The first-order valence-corrected chi connectivity index (χ1v) is 9.80. The molecule has 0 fully saturated rings. The summed E-state index contributed by atoms with van der Waals surface area (Å²) in [6, 6.07) is 12.3. The van der Waals surface area contributed by atoms with E-state index in [0.29, 0.717) is 21.2 Å². The molecular formula is C18H18ClN2O3P. The van der Waals surface area contributed by atoms with Crippen molar-refractivity contribution >= 4 is 46.4 Å². The van der Waals surface area contributed by atoms with Gasteiger partial charge in [-0.2, -0.15) is 0 Å². The number of aromatic amines is 1. The van der Waals surface area contributed by atoms with Crippen molar-refractivity contribution in [3.8, 4) is 0 Å². The number of carbonyl (C=O) groups excluding carboxylic acids is 1. The normalized spacial score (nSPS) is 13.7. The number of nitrogens with two attached hydrogens (primary N) is 1. The van der Waals surface area contributed by atoms with Crippen molar-refractivity contribution in [1.82, 2.24) is 4.98 Å². The van der Waals surface area contributed by atoms with Gasteiger partial charge in [0.15, 0.2) is 0 Å². The number of hydrogen-bond donors (Lipinski definition) is 2. The Kier molecular flexibility index (Phi) is 4.74.